The Bertz CT molecular complexity index is 354. The van der Waals surface area contributed by atoms with E-state index < -0.39 is 6.10 Å². The van der Waals surface area contributed by atoms with Gasteiger partial charge < -0.3 is 15.2 Å². The van der Waals surface area contributed by atoms with E-state index in [9.17, 15) is 5.11 Å². The molecule has 4 heteroatoms. The second kappa shape index (κ2) is 7.90. The zero-order chi connectivity index (χ0) is 13.5. The maximum Gasteiger partial charge on any atom is 0.0898 e. The molecule has 1 fully saturated rings. The van der Waals surface area contributed by atoms with Crippen molar-refractivity contribution >= 4 is 11.8 Å². The van der Waals surface area contributed by atoms with Crippen LogP contribution < -0.4 is 5.32 Å². The van der Waals surface area contributed by atoms with Gasteiger partial charge in [-0.1, -0.05) is 30.3 Å². The van der Waals surface area contributed by atoms with Gasteiger partial charge in [-0.15, -0.1) is 0 Å². The van der Waals surface area contributed by atoms with E-state index >= 15 is 0 Å². The zero-order valence-electron chi connectivity index (χ0n) is 11.4. The van der Waals surface area contributed by atoms with Crippen LogP contribution in [0.2, 0.25) is 0 Å². The van der Waals surface area contributed by atoms with Gasteiger partial charge in [-0.05, 0) is 24.7 Å². The van der Waals surface area contributed by atoms with E-state index in [1.54, 1.807) is 0 Å². The molecule has 0 amide bonds. The Morgan fingerprint density at radius 1 is 1.42 bits per heavy atom. The van der Waals surface area contributed by atoms with Crippen molar-refractivity contribution in [1.82, 2.24) is 5.32 Å². The van der Waals surface area contributed by atoms with Gasteiger partial charge in [-0.25, -0.2) is 0 Å². The van der Waals surface area contributed by atoms with E-state index in [0.29, 0.717) is 19.2 Å². The number of nitrogens with one attached hydrogen (secondary N) is 1. The molecule has 3 atom stereocenters. The third kappa shape index (κ3) is 5.15. The largest absolute Gasteiger partial charge is 0.389 e. The lowest BCUT2D eigenvalue weighted by Crippen LogP contribution is -2.37. The van der Waals surface area contributed by atoms with Gasteiger partial charge in [0.2, 0.25) is 0 Å². The minimum absolute atomic E-state index is 0.0258. The van der Waals surface area contributed by atoms with Gasteiger partial charge in [-0.2, -0.15) is 11.8 Å². The molecule has 0 bridgehead atoms. The monoisotopic (exact) mass is 281 g/mol. The van der Waals surface area contributed by atoms with Gasteiger partial charge in [0.1, 0.15) is 0 Å². The molecule has 2 N–H and O–H groups in total. The van der Waals surface area contributed by atoms with E-state index in [4.69, 9.17) is 4.74 Å². The Kier molecular flexibility index (Phi) is 6.17. The van der Waals surface area contributed by atoms with Crippen molar-refractivity contribution in [2.75, 3.05) is 24.7 Å². The molecule has 19 heavy (non-hydrogen) atoms. The number of aliphatic hydroxyl groups is 1. The van der Waals surface area contributed by atoms with Crippen LogP contribution >= 0.6 is 11.8 Å². The highest BCUT2D eigenvalue weighted by Crippen LogP contribution is 2.17. The molecule has 1 saturated heterocycles. The molecule has 0 saturated carbocycles. The van der Waals surface area contributed by atoms with Crippen LogP contribution in [-0.2, 0) is 4.74 Å². The third-order valence-electron chi connectivity index (χ3n) is 3.38. The molecule has 3 nitrogen and oxygen atoms in total. The van der Waals surface area contributed by atoms with E-state index in [0.717, 1.165) is 11.3 Å². The first-order valence-electron chi connectivity index (χ1n) is 6.91. The first-order chi connectivity index (χ1) is 9.25. The molecule has 1 aromatic carbocycles. The van der Waals surface area contributed by atoms with Crippen LogP contribution in [0.3, 0.4) is 0 Å². The topological polar surface area (TPSA) is 41.5 Å². The van der Waals surface area contributed by atoms with E-state index in [1.807, 2.05) is 49.0 Å². The van der Waals surface area contributed by atoms with E-state index in [2.05, 4.69) is 5.32 Å². The van der Waals surface area contributed by atoms with Gasteiger partial charge in [-0.3, -0.25) is 0 Å². The smallest absolute Gasteiger partial charge is 0.0898 e. The average Bonchev–Trinajstić information content (AvgIpc) is 2.96. The summed E-state index contributed by atoms with van der Waals surface area (Å²) in [6, 6.07) is 10.7. The molecule has 1 aliphatic rings. The van der Waals surface area contributed by atoms with Crippen molar-refractivity contribution in [2.24, 2.45) is 0 Å². The average molecular weight is 281 g/mol. The molecule has 0 aliphatic carbocycles. The van der Waals surface area contributed by atoms with E-state index in [-0.39, 0.29) is 6.10 Å². The minimum Gasteiger partial charge on any atom is -0.389 e. The highest BCUT2D eigenvalue weighted by Gasteiger charge is 2.16. The molecule has 1 aromatic rings. The molecular weight excluding hydrogens is 258 g/mol. The number of hydrogen-bond acceptors (Lipinski definition) is 4. The number of ether oxygens (including phenoxy) is 1. The third-order valence-corrected chi connectivity index (χ3v) is 4.54. The molecule has 2 rings (SSSR count). The summed E-state index contributed by atoms with van der Waals surface area (Å²) >= 11 is 1.97. The van der Waals surface area contributed by atoms with Gasteiger partial charge in [0.05, 0.1) is 18.8 Å². The van der Waals surface area contributed by atoms with Gasteiger partial charge >= 0.3 is 0 Å². The summed E-state index contributed by atoms with van der Waals surface area (Å²) in [7, 11) is 0. The summed E-state index contributed by atoms with van der Waals surface area (Å²) in [5, 5.41) is 13.3. The zero-order valence-corrected chi connectivity index (χ0v) is 12.2. The van der Waals surface area contributed by atoms with Gasteiger partial charge in [0.25, 0.3) is 0 Å². The maximum atomic E-state index is 9.91. The molecule has 106 valence electrons. The molecule has 0 radical (unpaired) electrons. The van der Waals surface area contributed by atoms with Crippen molar-refractivity contribution in [3.05, 3.63) is 35.9 Å². The second-order valence-electron chi connectivity index (χ2n) is 5.01. The fourth-order valence-corrected chi connectivity index (χ4v) is 3.32. The lowest BCUT2D eigenvalue weighted by Gasteiger charge is -2.19. The molecule has 1 aliphatic heterocycles. The van der Waals surface area contributed by atoms with Crippen LogP contribution in [0, 0.1) is 0 Å². The molecule has 0 spiro atoms. The van der Waals surface area contributed by atoms with Crippen LogP contribution in [-0.4, -0.2) is 41.9 Å². The first kappa shape index (κ1) is 14.9. The van der Waals surface area contributed by atoms with Gasteiger partial charge in [0.15, 0.2) is 0 Å². The maximum absolute atomic E-state index is 9.91. The predicted octanol–water partition coefficient (Wildman–Crippen LogP) is 2.22. The Hall–Kier alpha value is -0.550. The summed E-state index contributed by atoms with van der Waals surface area (Å²) < 4.78 is 5.71. The minimum atomic E-state index is -0.434. The Morgan fingerprint density at radius 3 is 2.89 bits per heavy atom. The number of hydrogen-bond donors (Lipinski definition) is 2. The SMILES string of the molecule is C[C@H](OC[C@H](O)CN[C@H]1CCSC1)c1ccccc1. The molecule has 1 heterocycles. The summed E-state index contributed by atoms with van der Waals surface area (Å²) in [4.78, 5) is 0. The number of thioether (sulfide) groups is 1. The van der Waals surface area contributed by atoms with Crippen LogP contribution in [0.5, 0.6) is 0 Å². The Balaban J connectivity index is 1.64. The van der Waals surface area contributed by atoms with Crippen molar-refractivity contribution < 1.29 is 9.84 Å². The highest BCUT2D eigenvalue weighted by molar-refractivity contribution is 7.99. The van der Waals surface area contributed by atoms with Crippen molar-refractivity contribution in [1.29, 1.82) is 0 Å². The summed E-state index contributed by atoms with van der Waals surface area (Å²) in [5.74, 6) is 2.39. The fourth-order valence-electron chi connectivity index (χ4n) is 2.13. The molecular formula is C15H23NO2S. The summed E-state index contributed by atoms with van der Waals surface area (Å²) in [6.07, 6.45) is 0.799. The Morgan fingerprint density at radius 2 is 2.21 bits per heavy atom. The lowest BCUT2D eigenvalue weighted by atomic mass is 10.1. The summed E-state index contributed by atoms with van der Waals surface area (Å²) in [5.41, 5.74) is 1.15. The van der Waals surface area contributed by atoms with E-state index in [1.165, 1.54) is 12.2 Å². The fraction of sp³-hybridized carbons (Fsp3) is 0.600. The number of benzene rings is 1. The van der Waals surface area contributed by atoms with Gasteiger partial charge in [0, 0.05) is 18.3 Å². The summed E-state index contributed by atoms with van der Waals surface area (Å²) in [6.45, 7) is 3.01. The normalized spacial score (nSPS) is 22.3. The van der Waals surface area contributed by atoms with Crippen LogP contribution in [0.15, 0.2) is 30.3 Å². The lowest BCUT2D eigenvalue weighted by molar-refractivity contribution is -0.00266. The second-order valence-corrected chi connectivity index (χ2v) is 6.16. The highest BCUT2D eigenvalue weighted by atomic mass is 32.2. The van der Waals surface area contributed by atoms with Crippen molar-refractivity contribution in [3.8, 4) is 0 Å². The Labute approximate surface area is 119 Å². The predicted molar refractivity (Wildman–Crippen MR) is 80.5 cm³/mol. The van der Waals surface area contributed by atoms with Crippen molar-refractivity contribution in [3.63, 3.8) is 0 Å². The first-order valence-corrected chi connectivity index (χ1v) is 8.07. The van der Waals surface area contributed by atoms with Crippen LogP contribution in [0.25, 0.3) is 0 Å². The standard InChI is InChI=1S/C15H23NO2S/c1-12(13-5-3-2-4-6-13)18-10-15(17)9-16-14-7-8-19-11-14/h2-6,12,14-17H,7-11H2,1H3/t12-,14-,15+/m0/s1. The molecule has 0 aromatic heterocycles. The number of rotatable bonds is 7. The molecule has 0 unspecified atom stereocenters. The van der Waals surface area contributed by atoms with Crippen molar-refractivity contribution in [2.45, 2.75) is 31.6 Å². The number of aliphatic hydroxyl groups excluding tert-OH is 1. The quantitative estimate of drug-likeness (QED) is 0.804. The van der Waals surface area contributed by atoms with Crippen LogP contribution in [0.1, 0.15) is 25.0 Å². The van der Waals surface area contributed by atoms with Crippen LogP contribution in [0.4, 0.5) is 0 Å².